The quantitative estimate of drug-likeness (QED) is 0.391. The largest absolute Gasteiger partial charge is 0.511 e. The van der Waals surface area contributed by atoms with Gasteiger partial charge < -0.3 is 15.0 Å². The number of aromatic nitrogens is 1. The summed E-state index contributed by atoms with van der Waals surface area (Å²) in [5, 5.41) is 23.2. The van der Waals surface area contributed by atoms with Gasteiger partial charge in [-0.3, -0.25) is 9.59 Å². The van der Waals surface area contributed by atoms with E-state index in [-0.39, 0.29) is 59.7 Å². The minimum atomic E-state index is -0.216. The van der Waals surface area contributed by atoms with Gasteiger partial charge in [0.15, 0.2) is 11.6 Å². The fraction of sp³-hybridized carbons (Fsp3) is 0.286. The molecule has 2 unspecified atom stereocenters. The molecule has 1 aromatic heterocycles. The van der Waals surface area contributed by atoms with Crippen molar-refractivity contribution in [3.63, 3.8) is 0 Å². The number of fused-ring (bicyclic) bond motifs is 1. The minimum Gasteiger partial charge on any atom is -0.511 e. The van der Waals surface area contributed by atoms with Crippen LogP contribution in [0, 0.1) is 5.41 Å². The summed E-state index contributed by atoms with van der Waals surface area (Å²) in [6, 6.07) is 19.6. The van der Waals surface area contributed by atoms with E-state index in [2.05, 4.69) is 5.16 Å². The Labute approximate surface area is 197 Å². The summed E-state index contributed by atoms with van der Waals surface area (Å²) >= 11 is 0. The van der Waals surface area contributed by atoms with Crippen molar-refractivity contribution in [3.8, 4) is 0 Å². The van der Waals surface area contributed by atoms with E-state index in [9.17, 15) is 14.7 Å². The van der Waals surface area contributed by atoms with Crippen LogP contribution >= 0.6 is 0 Å². The monoisotopic (exact) mass is 454 g/mol. The van der Waals surface area contributed by atoms with Gasteiger partial charge in [0, 0.05) is 37.8 Å². The van der Waals surface area contributed by atoms with E-state index >= 15 is 0 Å². The number of ketones is 2. The molecule has 172 valence electrons. The predicted molar refractivity (Wildman–Crippen MR) is 127 cm³/mol. The van der Waals surface area contributed by atoms with Gasteiger partial charge in [-0.1, -0.05) is 65.8 Å². The number of aliphatic hydroxyl groups excluding tert-OH is 1. The molecule has 34 heavy (non-hydrogen) atoms. The lowest BCUT2D eigenvalue weighted by Gasteiger charge is -2.25. The van der Waals surface area contributed by atoms with E-state index in [4.69, 9.17) is 9.93 Å². The van der Waals surface area contributed by atoms with E-state index in [1.807, 2.05) is 60.7 Å². The second-order valence-electron chi connectivity index (χ2n) is 9.11. The number of allylic oxidation sites excluding steroid dienone is 2. The molecule has 1 heterocycles. The van der Waals surface area contributed by atoms with Gasteiger partial charge in [0.2, 0.25) is 0 Å². The van der Waals surface area contributed by atoms with Crippen molar-refractivity contribution in [2.45, 2.75) is 50.4 Å². The van der Waals surface area contributed by atoms with Crippen LogP contribution in [0.2, 0.25) is 0 Å². The Kier molecular flexibility index (Phi) is 5.97. The zero-order valence-electron chi connectivity index (χ0n) is 18.8. The zero-order chi connectivity index (χ0) is 23.7. The van der Waals surface area contributed by atoms with Crippen LogP contribution in [0.1, 0.15) is 70.5 Å². The van der Waals surface area contributed by atoms with Crippen LogP contribution in [-0.4, -0.2) is 27.5 Å². The Balaban J connectivity index is 1.29. The molecule has 2 aliphatic rings. The first kappa shape index (κ1) is 22.0. The molecule has 1 fully saturated rings. The third kappa shape index (κ3) is 4.23. The molecule has 6 nitrogen and oxygen atoms in total. The molecule has 0 spiro atoms. The molecule has 0 aliphatic heterocycles. The molecule has 0 amide bonds. The molecular formula is C28H26N2O4. The number of benzene rings is 2. The maximum Gasteiger partial charge on any atom is 0.168 e. The van der Waals surface area contributed by atoms with Crippen molar-refractivity contribution in [1.29, 1.82) is 5.41 Å². The van der Waals surface area contributed by atoms with Crippen molar-refractivity contribution >= 4 is 17.3 Å². The molecular weight excluding hydrogens is 428 g/mol. The molecule has 2 N–H and O–H groups in total. The van der Waals surface area contributed by atoms with Gasteiger partial charge in [0.1, 0.15) is 11.5 Å². The normalized spacial score (nSPS) is 21.9. The first-order valence-electron chi connectivity index (χ1n) is 11.6. The highest BCUT2D eigenvalue weighted by molar-refractivity contribution is 6.23. The third-order valence-corrected chi connectivity index (χ3v) is 6.87. The summed E-state index contributed by atoms with van der Waals surface area (Å²) in [4.78, 5) is 25.7. The van der Waals surface area contributed by atoms with Gasteiger partial charge in [-0.2, -0.15) is 0 Å². The Morgan fingerprint density at radius 1 is 0.882 bits per heavy atom. The number of hydrogen-bond acceptors (Lipinski definition) is 6. The molecule has 0 radical (unpaired) electrons. The summed E-state index contributed by atoms with van der Waals surface area (Å²) in [7, 11) is 0. The van der Waals surface area contributed by atoms with Crippen LogP contribution in [0.4, 0.5) is 0 Å². The van der Waals surface area contributed by atoms with Crippen LogP contribution in [0.3, 0.4) is 0 Å². The van der Waals surface area contributed by atoms with Gasteiger partial charge in [0.25, 0.3) is 0 Å². The number of aryl methyl sites for hydroxylation is 1. The molecule has 2 aliphatic carbocycles. The second-order valence-corrected chi connectivity index (χ2v) is 9.11. The lowest BCUT2D eigenvalue weighted by atomic mass is 9.78. The molecule has 1 saturated carbocycles. The maximum atomic E-state index is 12.9. The first-order valence-corrected chi connectivity index (χ1v) is 11.6. The lowest BCUT2D eigenvalue weighted by molar-refractivity contribution is -0.116. The topological polar surface area (TPSA) is 104 Å². The predicted octanol–water partition coefficient (Wildman–Crippen LogP) is 5.50. The first-order chi connectivity index (χ1) is 16.5. The lowest BCUT2D eigenvalue weighted by Crippen LogP contribution is -2.26. The number of rotatable bonds is 5. The molecule has 2 aromatic carbocycles. The van der Waals surface area contributed by atoms with Gasteiger partial charge >= 0.3 is 0 Å². The van der Waals surface area contributed by atoms with Crippen LogP contribution in [0.5, 0.6) is 0 Å². The Hall–Kier alpha value is -3.80. The van der Waals surface area contributed by atoms with Crippen molar-refractivity contribution < 1.29 is 19.2 Å². The summed E-state index contributed by atoms with van der Waals surface area (Å²) in [5.74, 6) is 0.270. The highest BCUT2D eigenvalue weighted by Crippen LogP contribution is 2.36. The highest BCUT2D eigenvalue weighted by Gasteiger charge is 2.34. The summed E-state index contributed by atoms with van der Waals surface area (Å²) in [6.45, 7) is 0. The van der Waals surface area contributed by atoms with Crippen LogP contribution < -0.4 is 0 Å². The fourth-order valence-electron chi connectivity index (χ4n) is 5.14. The number of aliphatic hydroxyl groups is 1. The SMILES string of the molecule is N=C1CC(c2ccccc2)CC(=O)/C1=C(/O)CCc1noc2c1C(=O)CC(c1ccccc1)C2. The molecule has 6 heteroatoms. The average molecular weight is 455 g/mol. The summed E-state index contributed by atoms with van der Waals surface area (Å²) in [6.07, 6.45) is 2.09. The molecule has 0 saturated heterocycles. The van der Waals surface area contributed by atoms with Crippen molar-refractivity contribution in [2.75, 3.05) is 0 Å². The zero-order valence-corrected chi connectivity index (χ0v) is 18.8. The Morgan fingerprint density at radius 3 is 2.09 bits per heavy atom. The number of carbonyl (C=O) groups excluding carboxylic acids is 2. The number of carbonyl (C=O) groups is 2. The Morgan fingerprint density at radius 2 is 1.47 bits per heavy atom. The van der Waals surface area contributed by atoms with Crippen LogP contribution in [-0.2, 0) is 17.6 Å². The average Bonchev–Trinajstić information content (AvgIpc) is 3.27. The maximum absolute atomic E-state index is 12.9. The van der Waals surface area contributed by atoms with Gasteiger partial charge in [-0.05, 0) is 29.4 Å². The summed E-state index contributed by atoms with van der Waals surface area (Å²) < 4.78 is 5.51. The van der Waals surface area contributed by atoms with Gasteiger partial charge in [-0.25, -0.2) is 0 Å². The number of Topliss-reactive ketones (excluding diaryl/α,β-unsaturated/α-hetero) is 2. The van der Waals surface area contributed by atoms with Crippen molar-refractivity contribution in [2.24, 2.45) is 0 Å². The number of nitrogens with zero attached hydrogens (tertiary/aromatic N) is 1. The third-order valence-electron chi connectivity index (χ3n) is 6.87. The minimum absolute atomic E-state index is 0.00863. The van der Waals surface area contributed by atoms with Crippen molar-refractivity contribution in [3.05, 3.63) is 100 Å². The van der Waals surface area contributed by atoms with Crippen molar-refractivity contribution in [1.82, 2.24) is 5.16 Å². The van der Waals surface area contributed by atoms with Gasteiger partial charge in [-0.15, -0.1) is 0 Å². The van der Waals surface area contributed by atoms with Crippen LogP contribution in [0.15, 0.2) is 76.5 Å². The smallest absolute Gasteiger partial charge is 0.168 e. The summed E-state index contributed by atoms with van der Waals surface area (Å²) in [5.41, 5.74) is 3.42. The highest BCUT2D eigenvalue weighted by atomic mass is 16.5. The molecule has 2 atom stereocenters. The number of nitrogens with one attached hydrogen (secondary N) is 1. The second kappa shape index (κ2) is 9.21. The van der Waals surface area contributed by atoms with E-state index in [1.165, 1.54) is 0 Å². The molecule has 0 bridgehead atoms. The standard InChI is InChI=1S/C28H26N2O4/c29-21-13-19(17-7-3-1-4-8-17)14-24(32)27(21)23(31)12-11-22-28-25(33)15-20(16-26(28)34-30-22)18-9-5-2-6-10-18/h1-10,19-20,29,31H,11-16H2/b27-23+,29-21?. The van der Waals surface area contributed by atoms with E-state index in [1.54, 1.807) is 0 Å². The molecule has 3 aromatic rings. The van der Waals surface area contributed by atoms with E-state index < -0.39 is 0 Å². The van der Waals surface area contributed by atoms with E-state index in [0.29, 0.717) is 36.3 Å². The Bertz CT molecular complexity index is 1250. The van der Waals surface area contributed by atoms with E-state index in [0.717, 1.165) is 11.1 Å². The number of hydrogen-bond donors (Lipinski definition) is 2. The fourth-order valence-corrected chi connectivity index (χ4v) is 5.14. The molecule has 5 rings (SSSR count). The van der Waals surface area contributed by atoms with Crippen LogP contribution in [0.25, 0.3) is 0 Å². The van der Waals surface area contributed by atoms with Gasteiger partial charge in [0.05, 0.1) is 16.8 Å².